The molecule has 6 nitrogen and oxygen atoms in total. The Morgan fingerprint density at radius 1 is 1.17 bits per heavy atom. The van der Waals surface area contributed by atoms with Gasteiger partial charge in [-0.25, -0.2) is 9.97 Å². The minimum absolute atomic E-state index is 0.901. The van der Waals surface area contributed by atoms with Gasteiger partial charge in [0, 0.05) is 33.2 Å². The minimum Gasteiger partial charge on any atom is -0.353 e. The van der Waals surface area contributed by atoms with Crippen LogP contribution in [-0.2, 0) is 7.05 Å². The van der Waals surface area contributed by atoms with E-state index in [1.165, 1.54) is 0 Å². The Balaban J connectivity index is 1.91. The highest BCUT2D eigenvalue weighted by Crippen LogP contribution is 2.22. The number of likely N-dealkylation sites (N-methyl/N-ethyl adjacent to an activating group) is 1. The summed E-state index contributed by atoms with van der Waals surface area (Å²) in [5, 5.41) is 5.31. The topological polar surface area (TPSA) is 50.1 Å². The van der Waals surface area contributed by atoms with Crippen molar-refractivity contribution in [3.8, 4) is 0 Å². The molecule has 0 amide bonds. The molecule has 6 heteroatoms. The van der Waals surface area contributed by atoms with Gasteiger partial charge in [-0.3, -0.25) is 4.68 Å². The van der Waals surface area contributed by atoms with Gasteiger partial charge in [-0.1, -0.05) is 6.92 Å². The van der Waals surface area contributed by atoms with Crippen molar-refractivity contribution in [2.24, 2.45) is 7.05 Å². The average molecular weight is 246 g/mol. The fourth-order valence-corrected chi connectivity index (χ4v) is 2.48. The van der Waals surface area contributed by atoms with Crippen LogP contribution < -0.4 is 4.90 Å². The van der Waals surface area contributed by atoms with Crippen molar-refractivity contribution in [2.75, 3.05) is 37.6 Å². The predicted octanol–water partition coefficient (Wildman–Crippen LogP) is 0.505. The van der Waals surface area contributed by atoms with Crippen molar-refractivity contribution >= 4 is 16.9 Å². The van der Waals surface area contributed by atoms with E-state index in [0.29, 0.717) is 0 Å². The van der Waals surface area contributed by atoms with E-state index in [1.807, 2.05) is 13.2 Å². The van der Waals surface area contributed by atoms with Gasteiger partial charge in [0.05, 0.1) is 11.6 Å². The number of aromatic nitrogens is 4. The van der Waals surface area contributed by atoms with E-state index in [2.05, 4.69) is 31.8 Å². The summed E-state index contributed by atoms with van der Waals surface area (Å²) < 4.78 is 1.79. The van der Waals surface area contributed by atoms with Gasteiger partial charge in [0.2, 0.25) is 0 Å². The Bertz CT molecular complexity index is 540. The monoisotopic (exact) mass is 246 g/mol. The minimum atomic E-state index is 0.901. The molecule has 0 saturated carbocycles. The number of hydrogen-bond acceptors (Lipinski definition) is 5. The number of fused-ring (bicyclic) bond motifs is 1. The first-order valence-corrected chi connectivity index (χ1v) is 6.39. The molecule has 2 aromatic rings. The Morgan fingerprint density at radius 3 is 2.67 bits per heavy atom. The molecule has 0 aromatic carbocycles. The molecule has 96 valence electrons. The smallest absolute Gasteiger partial charge is 0.163 e. The largest absolute Gasteiger partial charge is 0.353 e. The molecule has 0 N–H and O–H groups in total. The second-order valence-electron chi connectivity index (χ2n) is 4.62. The Hall–Kier alpha value is -1.69. The van der Waals surface area contributed by atoms with E-state index >= 15 is 0 Å². The van der Waals surface area contributed by atoms with Crippen LogP contribution in [0.1, 0.15) is 6.92 Å². The third kappa shape index (κ3) is 1.82. The molecule has 0 radical (unpaired) electrons. The van der Waals surface area contributed by atoms with Gasteiger partial charge in [0.15, 0.2) is 5.65 Å². The molecule has 1 saturated heterocycles. The van der Waals surface area contributed by atoms with E-state index in [9.17, 15) is 0 Å². The number of piperazine rings is 1. The van der Waals surface area contributed by atoms with E-state index < -0.39 is 0 Å². The summed E-state index contributed by atoms with van der Waals surface area (Å²) >= 11 is 0. The van der Waals surface area contributed by atoms with E-state index in [1.54, 1.807) is 11.0 Å². The normalized spacial score (nSPS) is 17.6. The zero-order valence-corrected chi connectivity index (χ0v) is 10.9. The summed E-state index contributed by atoms with van der Waals surface area (Å²) in [4.78, 5) is 13.5. The number of aryl methyl sites for hydroxylation is 1. The van der Waals surface area contributed by atoms with Crippen molar-refractivity contribution in [3.05, 3.63) is 12.5 Å². The summed E-state index contributed by atoms with van der Waals surface area (Å²) in [6, 6.07) is 0. The van der Waals surface area contributed by atoms with E-state index in [0.717, 1.165) is 49.6 Å². The fourth-order valence-electron chi connectivity index (χ4n) is 2.48. The first-order chi connectivity index (χ1) is 8.79. The number of nitrogens with zero attached hydrogens (tertiary/aromatic N) is 6. The Kier molecular flexibility index (Phi) is 2.87. The maximum atomic E-state index is 4.44. The lowest BCUT2D eigenvalue weighted by Crippen LogP contribution is -2.46. The summed E-state index contributed by atoms with van der Waals surface area (Å²) in [7, 11) is 1.91. The maximum absolute atomic E-state index is 4.44. The molecule has 1 fully saturated rings. The molecule has 0 atom stereocenters. The first kappa shape index (κ1) is 11.4. The SMILES string of the molecule is CCN1CCN(c2ncnc3c2cnn3C)CC1. The maximum Gasteiger partial charge on any atom is 0.163 e. The van der Waals surface area contributed by atoms with E-state index in [4.69, 9.17) is 0 Å². The summed E-state index contributed by atoms with van der Waals surface area (Å²) in [5.41, 5.74) is 0.901. The van der Waals surface area contributed by atoms with Crippen LogP contribution in [0, 0.1) is 0 Å². The molecule has 2 aromatic heterocycles. The molecule has 3 heterocycles. The Labute approximate surface area is 106 Å². The second-order valence-corrected chi connectivity index (χ2v) is 4.62. The summed E-state index contributed by atoms with van der Waals surface area (Å²) in [6.07, 6.45) is 3.49. The molecule has 3 rings (SSSR count). The number of rotatable bonds is 2. The predicted molar refractivity (Wildman–Crippen MR) is 70.6 cm³/mol. The summed E-state index contributed by atoms with van der Waals surface area (Å²) in [6.45, 7) is 7.58. The lowest BCUT2D eigenvalue weighted by atomic mass is 10.3. The second kappa shape index (κ2) is 4.53. The molecule has 0 unspecified atom stereocenters. The van der Waals surface area contributed by atoms with Gasteiger partial charge in [0.25, 0.3) is 0 Å². The van der Waals surface area contributed by atoms with Crippen LogP contribution in [0.3, 0.4) is 0 Å². The quantitative estimate of drug-likeness (QED) is 0.772. The van der Waals surface area contributed by atoms with Crippen LogP contribution >= 0.6 is 0 Å². The third-order valence-corrected chi connectivity index (χ3v) is 3.63. The van der Waals surface area contributed by atoms with Crippen LogP contribution in [0.2, 0.25) is 0 Å². The Morgan fingerprint density at radius 2 is 1.94 bits per heavy atom. The number of hydrogen-bond donors (Lipinski definition) is 0. The molecule has 1 aliphatic heterocycles. The van der Waals surface area contributed by atoms with Crippen molar-refractivity contribution in [2.45, 2.75) is 6.92 Å². The van der Waals surface area contributed by atoms with Gasteiger partial charge in [-0.05, 0) is 6.54 Å². The van der Waals surface area contributed by atoms with Crippen molar-refractivity contribution < 1.29 is 0 Å². The van der Waals surface area contributed by atoms with Gasteiger partial charge in [0.1, 0.15) is 12.1 Å². The molecule has 18 heavy (non-hydrogen) atoms. The van der Waals surface area contributed by atoms with Crippen LogP contribution in [0.5, 0.6) is 0 Å². The molecule has 0 aliphatic carbocycles. The van der Waals surface area contributed by atoms with Gasteiger partial charge < -0.3 is 9.80 Å². The van der Waals surface area contributed by atoms with Crippen LogP contribution in [0.4, 0.5) is 5.82 Å². The standard InChI is InChI=1S/C12H18N6/c1-3-17-4-6-18(7-5-17)12-10-8-15-16(2)11(10)13-9-14-12/h8-9H,3-7H2,1-2H3. The van der Waals surface area contributed by atoms with Crippen LogP contribution in [-0.4, -0.2) is 57.4 Å². The summed E-state index contributed by atoms with van der Waals surface area (Å²) in [5.74, 6) is 1.02. The van der Waals surface area contributed by atoms with Crippen molar-refractivity contribution in [1.29, 1.82) is 0 Å². The van der Waals surface area contributed by atoms with Gasteiger partial charge in [-0.15, -0.1) is 0 Å². The van der Waals surface area contributed by atoms with Gasteiger partial charge in [-0.2, -0.15) is 5.10 Å². The highest BCUT2D eigenvalue weighted by Gasteiger charge is 2.19. The molecule has 0 bridgehead atoms. The fraction of sp³-hybridized carbons (Fsp3) is 0.583. The molecular weight excluding hydrogens is 228 g/mol. The molecule has 1 aliphatic rings. The number of anilines is 1. The lowest BCUT2D eigenvalue weighted by Gasteiger charge is -2.34. The third-order valence-electron chi connectivity index (χ3n) is 3.63. The first-order valence-electron chi connectivity index (χ1n) is 6.39. The van der Waals surface area contributed by atoms with Gasteiger partial charge >= 0.3 is 0 Å². The zero-order chi connectivity index (χ0) is 12.5. The highest BCUT2D eigenvalue weighted by molar-refractivity contribution is 5.86. The lowest BCUT2D eigenvalue weighted by molar-refractivity contribution is 0.271. The van der Waals surface area contributed by atoms with Crippen molar-refractivity contribution in [3.63, 3.8) is 0 Å². The van der Waals surface area contributed by atoms with Crippen molar-refractivity contribution in [1.82, 2.24) is 24.6 Å². The average Bonchev–Trinajstić information content (AvgIpc) is 2.81. The van der Waals surface area contributed by atoms with E-state index in [-0.39, 0.29) is 0 Å². The molecular formula is C12H18N6. The van der Waals surface area contributed by atoms with Crippen LogP contribution in [0.15, 0.2) is 12.5 Å². The highest BCUT2D eigenvalue weighted by atomic mass is 15.3. The molecule has 0 spiro atoms. The zero-order valence-electron chi connectivity index (χ0n) is 10.9. The van der Waals surface area contributed by atoms with Crippen LogP contribution in [0.25, 0.3) is 11.0 Å².